The number of benzene rings is 1. The van der Waals surface area contributed by atoms with Crippen molar-refractivity contribution >= 4 is 29.1 Å². The van der Waals surface area contributed by atoms with E-state index in [-0.39, 0.29) is 17.9 Å². The average Bonchev–Trinajstić information content (AvgIpc) is 2.64. The van der Waals surface area contributed by atoms with E-state index in [9.17, 15) is 14.4 Å². The van der Waals surface area contributed by atoms with E-state index in [1.807, 2.05) is 4.90 Å². The van der Waals surface area contributed by atoms with Crippen LogP contribution in [0.15, 0.2) is 24.3 Å². The summed E-state index contributed by atoms with van der Waals surface area (Å²) in [6, 6.07) is 5.99. The molecule has 0 radical (unpaired) electrons. The zero-order chi connectivity index (χ0) is 22.6. The maximum absolute atomic E-state index is 13.1. The Hall–Kier alpha value is -2.45. The third-order valence-electron chi connectivity index (χ3n) is 5.71. The Labute approximate surface area is 184 Å². The van der Waals surface area contributed by atoms with Crippen LogP contribution in [-0.2, 0) is 19.1 Å². The summed E-state index contributed by atoms with van der Waals surface area (Å²) in [4.78, 5) is 41.0. The van der Waals surface area contributed by atoms with Crippen molar-refractivity contribution in [2.45, 2.75) is 46.1 Å². The van der Waals surface area contributed by atoms with Crippen molar-refractivity contribution in [2.24, 2.45) is 17.1 Å². The number of hydrogen-bond acceptors (Lipinski definition) is 5. The summed E-state index contributed by atoms with van der Waals surface area (Å²) in [6.07, 6.45) is 3.43. The first kappa shape index (κ1) is 23.2. The van der Waals surface area contributed by atoms with Crippen LogP contribution in [0.4, 0.5) is 11.4 Å². The summed E-state index contributed by atoms with van der Waals surface area (Å²) >= 11 is 0. The van der Waals surface area contributed by atoms with E-state index in [2.05, 4.69) is 26.1 Å². The summed E-state index contributed by atoms with van der Waals surface area (Å²) in [5.74, 6) is -0.657. The fourth-order valence-electron chi connectivity index (χ4n) is 4.08. The zero-order valence-corrected chi connectivity index (χ0v) is 18.7. The highest BCUT2D eigenvalue weighted by atomic mass is 16.5. The molecule has 170 valence electrons. The molecule has 1 heterocycles. The number of nitrogens with one attached hydrogen (secondary N) is 1. The van der Waals surface area contributed by atoms with Crippen LogP contribution in [-0.4, -0.2) is 61.5 Å². The third kappa shape index (κ3) is 6.27. The standard InChI is InChI=1S/C23H34N4O4/c1-23(2,3)15-26(13-16-5-4-6-16)20(21(24)29)22(30)25-17-7-9-18(10-8-17)27-11-12-31-14-19(27)28/h7-10,16,20H,4-6,11-15H2,1-3H3,(H2,24,29)(H,25,30)/t20-/m1/s1. The van der Waals surface area contributed by atoms with Gasteiger partial charge in [0.05, 0.1) is 6.61 Å². The van der Waals surface area contributed by atoms with Gasteiger partial charge in [0.2, 0.25) is 5.91 Å². The van der Waals surface area contributed by atoms with Gasteiger partial charge >= 0.3 is 0 Å². The molecule has 1 aliphatic carbocycles. The second kappa shape index (κ2) is 9.78. The van der Waals surface area contributed by atoms with Gasteiger partial charge in [-0.05, 0) is 48.4 Å². The molecule has 0 spiro atoms. The van der Waals surface area contributed by atoms with Crippen molar-refractivity contribution in [1.82, 2.24) is 4.90 Å². The normalized spacial score (nSPS) is 18.6. The number of morpholine rings is 1. The maximum Gasteiger partial charge on any atom is 0.253 e. The Morgan fingerprint density at radius 3 is 2.45 bits per heavy atom. The number of carbonyl (C=O) groups is 3. The molecule has 3 rings (SSSR count). The molecule has 0 unspecified atom stereocenters. The minimum Gasteiger partial charge on any atom is -0.370 e. The molecule has 1 saturated heterocycles. The number of nitrogens with two attached hydrogens (primary N) is 1. The molecular weight excluding hydrogens is 396 g/mol. The molecule has 0 bridgehead atoms. The molecule has 8 nitrogen and oxygen atoms in total. The first-order valence-electron chi connectivity index (χ1n) is 11.0. The highest BCUT2D eigenvalue weighted by Gasteiger charge is 2.36. The van der Waals surface area contributed by atoms with Crippen LogP contribution < -0.4 is 16.0 Å². The van der Waals surface area contributed by atoms with Crippen molar-refractivity contribution < 1.29 is 19.1 Å². The SMILES string of the molecule is CC(C)(C)CN(CC1CCC1)[C@H](C(N)=O)C(=O)Nc1ccc(N2CCOCC2=O)cc1. The van der Waals surface area contributed by atoms with Gasteiger partial charge in [-0.15, -0.1) is 0 Å². The maximum atomic E-state index is 13.1. The van der Waals surface area contributed by atoms with Gasteiger partial charge in [-0.3, -0.25) is 19.3 Å². The number of nitrogens with zero attached hydrogens (tertiary/aromatic N) is 2. The van der Waals surface area contributed by atoms with E-state index in [0.717, 1.165) is 18.5 Å². The first-order valence-corrected chi connectivity index (χ1v) is 11.0. The lowest BCUT2D eigenvalue weighted by molar-refractivity contribution is -0.133. The largest absolute Gasteiger partial charge is 0.370 e. The zero-order valence-electron chi connectivity index (χ0n) is 18.7. The fraction of sp³-hybridized carbons (Fsp3) is 0.609. The Morgan fingerprint density at radius 2 is 1.94 bits per heavy atom. The van der Waals surface area contributed by atoms with Crippen molar-refractivity contribution in [3.8, 4) is 0 Å². The molecule has 2 aliphatic rings. The van der Waals surface area contributed by atoms with Crippen LogP contribution in [0.1, 0.15) is 40.0 Å². The van der Waals surface area contributed by atoms with Crippen LogP contribution >= 0.6 is 0 Å². The Balaban J connectivity index is 1.71. The summed E-state index contributed by atoms with van der Waals surface area (Å²) in [5.41, 5.74) is 6.91. The van der Waals surface area contributed by atoms with Crippen molar-refractivity contribution in [3.63, 3.8) is 0 Å². The summed E-state index contributed by atoms with van der Waals surface area (Å²) in [5, 5.41) is 2.83. The Kier molecular flexibility index (Phi) is 7.33. The molecule has 1 saturated carbocycles. The van der Waals surface area contributed by atoms with Gasteiger partial charge in [-0.25, -0.2) is 0 Å². The molecule has 0 aromatic heterocycles. The molecule has 3 amide bonds. The van der Waals surface area contributed by atoms with Crippen LogP contribution in [0, 0.1) is 11.3 Å². The number of amides is 3. The number of primary amides is 1. The number of carbonyl (C=O) groups excluding carboxylic acids is 3. The molecule has 8 heteroatoms. The molecule has 1 atom stereocenters. The fourth-order valence-corrected chi connectivity index (χ4v) is 4.08. The van der Waals surface area contributed by atoms with E-state index in [4.69, 9.17) is 10.5 Å². The predicted molar refractivity (Wildman–Crippen MR) is 120 cm³/mol. The highest BCUT2D eigenvalue weighted by Crippen LogP contribution is 2.29. The van der Waals surface area contributed by atoms with E-state index in [0.29, 0.717) is 37.8 Å². The monoisotopic (exact) mass is 430 g/mol. The average molecular weight is 431 g/mol. The van der Waals surface area contributed by atoms with Crippen LogP contribution in [0.25, 0.3) is 0 Å². The lowest BCUT2D eigenvalue weighted by Gasteiger charge is -2.38. The van der Waals surface area contributed by atoms with E-state index in [1.54, 1.807) is 29.2 Å². The van der Waals surface area contributed by atoms with Crippen LogP contribution in [0.5, 0.6) is 0 Å². The Morgan fingerprint density at radius 1 is 1.26 bits per heavy atom. The van der Waals surface area contributed by atoms with Gasteiger partial charge in [-0.2, -0.15) is 0 Å². The van der Waals surface area contributed by atoms with Gasteiger partial charge in [0.15, 0.2) is 6.04 Å². The lowest BCUT2D eigenvalue weighted by atomic mass is 9.84. The molecule has 1 aliphatic heterocycles. The molecule has 31 heavy (non-hydrogen) atoms. The number of rotatable bonds is 8. The summed E-state index contributed by atoms with van der Waals surface area (Å²) in [7, 11) is 0. The lowest BCUT2D eigenvalue weighted by Crippen LogP contribution is -2.55. The van der Waals surface area contributed by atoms with Gasteiger partial charge in [0, 0.05) is 31.0 Å². The van der Waals surface area contributed by atoms with Crippen LogP contribution in [0.3, 0.4) is 0 Å². The number of ether oxygens (including phenoxy) is 1. The second-order valence-electron chi connectivity index (χ2n) is 9.73. The third-order valence-corrected chi connectivity index (χ3v) is 5.71. The van der Waals surface area contributed by atoms with Gasteiger partial charge in [0.1, 0.15) is 6.61 Å². The summed E-state index contributed by atoms with van der Waals surface area (Å²) in [6.45, 7) is 8.61. The van der Waals surface area contributed by atoms with Gasteiger partial charge in [-0.1, -0.05) is 27.2 Å². The minimum absolute atomic E-state index is 0.0728. The smallest absolute Gasteiger partial charge is 0.253 e. The van der Waals surface area contributed by atoms with Crippen molar-refractivity contribution in [3.05, 3.63) is 24.3 Å². The van der Waals surface area contributed by atoms with Gasteiger partial charge in [0.25, 0.3) is 11.8 Å². The quantitative estimate of drug-likeness (QED) is 0.614. The topological polar surface area (TPSA) is 105 Å². The highest BCUT2D eigenvalue weighted by molar-refractivity contribution is 6.09. The summed E-state index contributed by atoms with van der Waals surface area (Å²) < 4.78 is 5.16. The molecular formula is C23H34N4O4. The van der Waals surface area contributed by atoms with Crippen molar-refractivity contribution in [2.75, 3.05) is 43.1 Å². The molecule has 3 N–H and O–H groups in total. The van der Waals surface area contributed by atoms with Crippen molar-refractivity contribution in [1.29, 1.82) is 0 Å². The predicted octanol–water partition coefficient (Wildman–Crippen LogP) is 1.99. The number of hydrogen-bond donors (Lipinski definition) is 2. The van der Waals surface area contributed by atoms with Gasteiger partial charge < -0.3 is 20.7 Å². The number of anilines is 2. The van der Waals surface area contributed by atoms with E-state index >= 15 is 0 Å². The Bertz CT molecular complexity index is 799. The molecule has 1 aromatic rings. The van der Waals surface area contributed by atoms with Crippen LogP contribution in [0.2, 0.25) is 0 Å². The van der Waals surface area contributed by atoms with E-state index < -0.39 is 17.9 Å². The first-order chi connectivity index (χ1) is 14.6. The minimum atomic E-state index is -1.03. The molecule has 2 fully saturated rings. The van der Waals surface area contributed by atoms with E-state index in [1.165, 1.54) is 6.42 Å². The molecule has 1 aromatic carbocycles. The second-order valence-corrected chi connectivity index (χ2v) is 9.73.